The molecule has 2 aromatic rings. The molecule has 0 spiro atoms. The van der Waals surface area contributed by atoms with Crippen LogP contribution in [0.4, 0.5) is 0 Å². The second-order valence-corrected chi connectivity index (χ2v) is 11.1. The van der Waals surface area contributed by atoms with Crippen molar-refractivity contribution in [1.29, 1.82) is 0 Å². The van der Waals surface area contributed by atoms with Gasteiger partial charge >= 0.3 is 0 Å². The predicted octanol–water partition coefficient (Wildman–Crippen LogP) is -1.20. The van der Waals surface area contributed by atoms with Crippen LogP contribution in [0.3, 0.4) is 0 Å². The molecule has 49 heavy (non-hydrogen) atoms. The van der Waals surface area contributed by atoms with E-state index in [0.717, 1.165) is 6.08 Å². The van der Waals surface area contributed by atoms with Crippen molar-refractivity contribution in [3.63, 3.8) is 0 Å². The van der Waals surface area contributed by atoms with Gasteiger partial charge in [0.25, 0.3) is 0 Å². The Bertz CT molecular complexity index is 1500. The zero-order valence-electron chi connectivity index (χ0n) is 26.4. The standard InChI is InChI=1S/C33H40O16/c1-44-22-11-16(5-9-20(22)46-32-30(42)28(40)26(38)24(14-34)48-32)3-7-18(36)13-19(37)8-4-17-6-10-21(23(12-17)45-2)47-33-31(43)29(41)27(39)25(15-35)49-33/h3-13,24-36,38-43H,14-15H2,1-2H3/b7-3+,8-4+,18-13-/t24-,25-,26-,27-,28+,29+,30-,31-,32-,33-/m1/s1. The van der Waals surface area contributed by atoms with E-state index in [-0.39, 0.29) is 28.8 Å². The van der Waals surface area contributed by atoms with Crippen LogP contribution in [-0.4, -0.2) is 141 Å². The quantitative estimate of drug-likeness (QED) is 0.0679. The summed E-state index contributed by atoms with van der Waals surface area (Å²) in [5.74, 6) is -0.299. The van der Waals surface area contributed by atoms with Crippen molar-refractivity contribution in [2.24, 2.45) is 0 Å². The fourth-order valence-electron chi connectivity index (χ4n) is 4.95. The number of aliphatic hydroxyl groups excluding tert-OH is 9. The minimum Gasteiger partial charge on any atom is -0.508 e. The van der Waals surface area contributed by atoms with Gasteiger partial charge in [-0.05, 0) is 47.5 Å². The van der Waals surface area contributed by atoms with E-state index in [1.54, 1.807) is 12.1 Å². The summed E-state index contributed by atoms with van der Waals surface area (Å²) < 4.78 is 32.7. The first-order valence-electron chi connectivity index (χ1n) is 15.0. The van der Waals surface area contributed by atoms with E-state index in [4.69, 9.17) is 28.4 Å². The molecule has 0 radical (unpaired) electrons. The SMILES string of the molecule is COc1cc(/C=C/C(=O)/C=C(O)/C=C/c2ccc(O[C@@H]3O[C@H](CO)[C@@H](O)[C@H](O)[C@H]3O)c(OC)c2)ccc1O[C@@H]1O[C@H](CO)[C@@H](O)[C@H](O)[C@H]1O. The minimum atomic E-state index is -1.62. The number of ether oxygens (including phenoxy) is 6. The lowest BCUT2D eigenvalue weighted by Gasteiger charge is -2.39. The smallest absolute Gasteiger partial charge is 0.229 e. The zero-order valence-corrected chi connectivity index (χ0v) is 26.4. The minimum absolute atomic E-state index is 0.114. The molecule has 16 nitrogen and oxygen atoms in total. The third kappa shape index (κ3) is 9.14. The van der Waals surface area contributed by atoms with Gasteiger partial charge in [0.15, 0.2) is 28.8 Å². The van der Waals surface area contributed by atoms with Gasteiger partial charge in [-0.25, -0.2) is 0 Å². The van der Waals surface area contributed by atoms with Crippen LogP contribution in [-0.2, 0) is 14.3 Å². The van der Waals surface area contributed by atoms with E-state index in [1.165, 1.54) is 62.8 Å². The summed E-state index contributed by atoms with van der Waals surface area (Å²) in [5.41, 5.74) is 1.03. The molecule has 2 aromatic carbocycles. The molecule has 2 saturated heterocycles. The maximum atomic E-state index is 12.5. The van der Waals surface area contributed by atoms with Gasteiger partial charge in [0, 0.05) is 6.08 Å². The molecule has 0 bridgehead atoms. The van der Waals surface area contributed by atoms with Crippen molar-refractivity contribution in [3.8, 4) is 23.0 Å². The number of aliphatic hydroxyl groups is 9. The summed E-state index contributed by atoms with van der Waals surface area (Å²) in [4.78, 5) is 12.5. The normalized spacial score (nSPS) is 30.8. The molecule has 0 saturated carbocycles. The van der Waals surface area contributed by atoms with Crippen molar-refractivity contribution in [2.45, 2.75) is 61.4 Å². The Balaban J connectivity index is 1.37. The number of carbonyl (C=O) groups is 1. The Kier molecular flexibility index (Phi) is 13.1. The van der Waals surface area contributed by atoms with Crippen molar-refractivity contribution in [3.05, 3.63) is 71.5 Å². The van der Waals surface area contributed by atoms with Crippen LogP contribution in [0.15, 0.2) is 60.4 Å². The topological polar surface area (TPSA) is 255 Å². The zero-order chi connectivity index (χ0) is 35.8. The fraction of sp³-hybridized carbons (Fsp3) is 0.424. The van der Waals surface area contributed by atoms with Gasteiger partial charge in [-0.15, -0.1) is 0 Å². The number of carbonyl (C=O) groups excluding carboxylic acids is 1. The number of hydrogen-bond donors (Lipinski definition) is 9. The molecular weight excluding hydrogens is 652 g/mol. The number of allylic oxidation sites excluding steroid dienone is 3. The maximum absolute atomic E-state index is 12.5. The van der Waals surface area contributed by atoms with Crippen molar-refractivity contribution >= 4 is 17.9 Å². The second-order valence-electron chi connectivity index (χ2n) is 11.1. The molecular formula is C33H40O16. The Labute approximate surface area is 280 Å². The lowest BCUT2D eigenvalue weighted by Crippen LogP contribution is -2.60. The highest BCUT2D eigenvalue weighted by Gasteiger charge is 2.46. The van der Waals surface area contributed by atoms with E-state index in [9.17, 15) is 50.8 Å². The van der Waals surface area contributed by atoms with Gasteiger partial charge in [-0.2, -0.15) is 0 Å². The van der Waals surface area contributed by atoms with Crippen LogP contribution >= 0.6 is 0 Å². The molecule has 268 valence electrons. The van der Waals surface area contributed by atoms with E-state index in [2.05, 4.69) is 0 Å². The van der Waals surface area contributed by atoms with E-state index in [1.807, 2.05) is 0 Å². The Morgan fingerprint density at radius 1 is 0.653 bits per heavy atom. The van der Waals surface area contributed by atoms with Crippen LogP contribution < -0.4 is 18.9 Å². The van der Waals surface area contributed by atoms with Crippen molar-refractivity contribution in [1.82, 2.24) is 0 Å². The molecule has 4 rings (SSSR count). The number of rotatable bonds is 13. The largest absolute Gasteiger partial charge is 0.508 e. The summed E-state index contributed by atoms with van der Waals surface area (Å²) in [5, 5.41) is 89.5. The number of benzene rings is 2. The summed E-state index contributed by atoms with van der Waals surface area (Å²) >= 11 is 0. The Morgan fingerprint density at radius 2 is 1.08 bits per heavy atom. The second kappa shape index (κ2) is 17.0. The number of methoxy groups -OCH3 is 2. The monoisotopic (exact) mass is 692 g/mol. The molecule has 0 aliphatic carbocycles. The molecule has 2 aliphatic rings. The van der Waals surface area contributed by atoms with Crippen LogP contribution in [0.25, 0.3) is 12.2 Å². The molecule has 0 unspecified atom stereocenters. The van der Waals surface area contributed by atoms with Gasteiger partial charge in [0.05, 0.1) is 27.4 Å². The van der Waals surface area contributed by atoms with Crippen LogP contribution in [0, 0.1) is 0 Å². The summed E-state index contributed by atoms with van der Waals surface area (Å²) in [6.45, 7) is -1.23. The Morgan fingerprint density at radius 3 is 1.49 bits per heavy atom. The van der Waals surface area contributed by atoms with Crippen molar-refractivity contribution in [2.75, 3.05) is 27.4 Å². The molecule has 2 heterocycles. The van der Waals surface area contributed by atoms with E-state index < -0.39 is 80.4 Å². The van der Waals surface area contributed by atoms with Crippen molar-refractivity contribution < 1.29 is 79.2 Å². The third-order valence-electron chi connectivity index (χ3n) is 7.74. The van der Waals surface area contributed by atoms with Crippen LogP contribution in [0.1, 0.15) is 11.1 Å². The fourth-order valence-corrected chi connectivity index (χ4v) is 4.95. The highest BCUT2D eigenvalue weighted by Crippen LogP contribution is 2.34. The summed E-state index contributed by atoms with van der Waals surface area (Å²) in [6.07, 6.45) is -8.30. The third-order valence-corrected chi connectivity index (χ3v) is 7.74. The molecule has 16 heteroatoms. The maximum Gasteiger partial charge on any atom is 0.229 e. The first-order chi connectivity index (χ1) is 23.4. The molecule has 0 aromatic heterocycles. The van der Waals surface area contributed by atoms with E-state index in [0.29, 0.717) is 11.1 Å². The molecule has 10 atom stereocenters. The van der Waals surface area contributed by atoms with Crippen LogP contribution in [0.5, 0.6) is 23.0 Å². The van der Waals surface area contributed by atoms with Gasteiger partial charge in [0.2, 0.25) is 12.6 Å². The first kappa shape index (κ1) is 37.7. The summed E-state index contributed by atoms with van der Waals surface area (Å²) in [6, 6.07) is 9.13. The average Bonchev–Trinajstić information content (AvgIpc) is 3.10. The molecule has 2 aliphatic heterocycles. The average molecular weight is 693 g/mol. The Hall–Kier alpha value is -4.07. The van der Waals surface area contributed by atoms with E-state index >= 15 is 0 Å². The molecule has 0 amide bonds. The molecule has 2 fully saturated rings. The lowest BCUT2D eigenvalue weighted by molar-refractivity contribution is -0.277. The number of hydrogen-bond acceptors (Lipinski definition) is 16. The highest BCUT2D eigenvalue weighted by atomic mass is 16.7. The summed E-state index contributed by atoms with van der Waals surface area (Å²) in [7, 11) is 2.72. The van der Waals surface area contributed by atoms with Crippen LogP contribution in [0.2, 0.25) is 0 Å². The lowest BCUT2D eigenvalue weighted by atomic mass is 9.99. The van der Waals surface area contributed by atoms with Gasteiger partial charge in [0.1, 0.15) is 54.6 Å². The number of ketones is 1. The van der Waals surface area contributed by atoms with Gasteiger partial charge in [-0.1, -0.05) is 24.3 Å². The highest BCUT2D eigenvalue weighted by molar-refractivity contribution is 6.02. The molecule has 9 N–H and O–H groups in total. The van der Waals surface area contributed by atoms with Gasteiger partial charge in [-0.3, -0.25) is 4.79 Å². The first-order valence-corrected chi connectivity index (χ1v) is 15.0. The predicted molar refractivity (Wildman–Crippen MR) is 169 cm³/mol. The van der Waals surface area contributed by atoms with Gasteiger partial charge < -0.3 is 74.4 Å².